The number of amides is 1. The molecular weight excluding hydrogens is 398 g/mol. The number of aryl methyl sites for hydroxylation is 1. The molecule has 2 heterocycles. The molecule has 2 unspecified atom stereocenters. The van der Waals surface area contributed by atoms with Gasteiger partial charge in [-0.25, -0.2) is 5.21 Å². The molecule has 31 heavy (non-hydrogen) atoms. The first-order chi connectivity index (χ1) is 14.8. The third-order valence-corrected chi connectivity index (χ3v) is 5.76. The number of carbonyl (C=O) groups is 2. The van der Waals surface area contributed by atoms with Crippen LogP contribution in [0.15, 0.2) is 59.9 Å². The van der Waals surface area contributed by atoms with Crippen molar-refractivity contribution in [2.75, 3.05) is 6.54 Å². The number of aromatic amines is 1. The lowest BCUT2D eigenvalue weighted by molar-refractivity contribution is -0.991. The molecule has 1 aliphatic rings. The van der Waals surface area contributed by atoms with E-state index in [1.807, 2.05) is 31.2 Å². The van der Waals surface area contributed by atoms with Gasteiger partial charge in [0.2, 0.25) is 0 Å². The van der Waals surface area contributed by atoms with Crippen LogP contribution in [0.5, 0.6) is 0 Å². The lowest BCUT2D eigenvalue weighted by Crippen LogP contribution is -2.99. The number of Topliss-reactive ketones (excluding diaryl/α,β-unsaturated/α-hetero) is 1. The van der Waals surface area contributed by atoms with Crippen molar-refractivity contribution in [1.29, 1.82) is 0 Å². The summed E-state index contributed by atoms with van der Waals surface area (Å²) in [6.07, 6.45) is 0.509. The van der Waals surface area contributed by atoms with E-state index in [-0.39, 0.29) is 17.8 Å². The van der Waals surface area contributed by atoms with Gasteiger partial charge in [-0.3, -0.25) is 9.59 Å². The van der Waals surface area contributed by atoms with Crippen LogP contribution < -0.4 is 5.23 Å². The van der Waals surface area contributed by atoms with Crippen molar-refractivity contribution in [2.45, 2.75) is 26.3 Å². The molecule has 2 aromatic carbocycles. The Bertz CT molecular complexity index is 1210. The second kappa shape index (κ2) is 7.99. The summed E-state index contributed by atoms with van der Waals surface area (Å²) in [5, 5.41) is 31.2. The molecule has 2 atom stereocenters. The number of nitrogens with one attached hydrogen (secondary N) is 2. The fourth-order valence-corrected chi connectivity index (χ4v) is 4.32. The van der Waals surface area contributed by atoms with Crippen LogP contribution in [0, 0.1) is 12.1 Å². The van der Waals surface area contributed by atoms with Crippen molar-refractivity contribution >= 4 is 28.3 Å². The van der Waals surface area contributed by atoms with E-state index in [2.05, 4.69) is 4.98 Å². The summed E-state index contributed by atoms with van der Waals surface area (Å²) in [5.74, 6) is -1.63. The molecule has 0 spiro atoms. The molecular formula is C23H23N3O5. The van der Waals surface area contributed by atoms with Gasteiger partial charge in [0.25, 0.3) is 5.91 Å². The maximum absolute atomic E-state index is 12.9. The zero-order valence-corrected chi connectivity index (χ0v) is 17.2. The van der Waals surface area contributed by atoms with E-state index in [1.54, 1.807) is 12.1 Å². The molecule has 4 rings (SSSR count). The van der Waals surface area contributed by atoms with Crippen LogP contribution in [0.3, 0.4) is 0 Å². The number of H-pyrrole nitrogens is 1. The normalized spacial score (nSPS) is 17.6. The predicted molar refractivity (Wildman–Crippen MR) is 114 cm³/mol. The number of quaternary nitrogens is 1. The fourth-order valence-electron chi connectivity index (χ4n) is 4.32. The lowest BCUT2D eigenvalue weighted by Gasteiger charge is -2.27. The number of aromatic nitrogens is 1. The van der Waals surface area contributed by atoms with E-state index in [0.717, 1.165) is 22.2 Å². The highest BCUT2D eigenvalue weighted by atomic mass is 16.8. The Morgan fingerprint density at radius 3 is 2.68 bits per heavy atom. The van der Waals surface area contributed by atoms with Crippen LogP contribution in [0.2, 0.25) is 0 Å². The van der Waals surface area contributed by atoms with E-state index in [4.69, 9.17) is 0 Å². The van der Waals surface area contributed by atoms with Gasteiger partial charge in [0.1, 0.15) is 0 Å². The first-order valence-corrected chi connectivity index (χ1v) is 9.94. The molecule has 8 nitrogen and oxygen atoms in total. The highest BCUT2D eigenvalue weighted by molar-refractivity contribution is 6.08. The van der Waals surface area contributed by atoms with Gasteiger partial charge in [0.15, 0.2) is 17.2 Å². The summed E-state index contributed by atoms with van der Waals surface area (Å²) >= 11 is 0. The molecule has 160 valence electrons. The second-order valence-electron chi connectivity index (χ2n) is 7.67. The topological polar surface area (TPSA) is 121 Å². The zero-order chi connectivity index (χ0) is 22.3. The van der Waals surface area contributed by atoms with Crippen LogP contribution in [-0.4, -0.2) is 38.4 Å². The van der Waals surface area contributed by atoms with Crippen molar-refractivity contribution < 1.29 is 25.1 Å². The molecule has 0 saturated heterocycles. The van der Waals surface area contributed by atoms with Crippen LogP contribution in [0.1, 0.15) is 29.8 Å². The largest absolute Gasteiger partial charge is 0.595 e. The van der Waals surface area contributed by atoms with E-state index >= 15 is 0 Å². The second-order valence-corrected chi connectivity index (χ2v) is 7.67. The Morgan fingerprint density at radius 1 is 1.23 bits per heavy atom. The molecule has 1 amide bonds. The van der Waals surface area contributed by atoms with E-state index in [1.165, 1.54) is 24.0 Å². The number of aliphatic hydroxyl groups excluding tert-OH is 1. The smallest absolute Gasteiger partial charge is 0.290 e. The molecule has 0 saturated carbocycles. The molecule has 0 radical (unpaired) electrons. The molecule has 8 heteroatoms. The molecule has 4 N–H and O–H groups in total. The van der Waals surface area contributed by atoms with Crippen LogP contribution in [-0.2, 0) is 16.0 Å². The maximum Gasteiger partial charge on any atom is 0.290 e. The Kier molecular flexibility index (Phi) is 5.36. The third kappa shape index (κ3) is 3.61. The number of para-hydroxylation sites is 1. The van der Waals surface area contributed by atoms with E-state index in [0.29, 0.717) is 12.0 Å². The summed E-state index contributed by atoms with van der Waals surface area (Å²) in [4.78, 5) is 29.9. The fraction of sp³-hybridized carbons (Fsp3) is 0.217. The van der Waals surface area contributed by atoms with Gasteiger partial charge in [-0.1, -0.05) is 30.3 Å². The van der Waals surface area contributed by atoms with E-state index in [9.17, 15) is 25.1 Å². The molecule has 0 fully saturated rings. The number of aliphatic hydroxyl groups is 1. The molecule has 3 aromatic rings. The zero-order valence-electron chi connectivity index (χ0n) is 17.2. The third-order valence-electron chi connectivity index (χ3n) is 5.76. The summed E-state index contributed by atoms with van der Waals surface area (Å²) < 4.78 is 0. The number of ketones is 1. The van der Waals surface area contributed by atoms with E-state index < -0.39 is 28.7 Å². The number of hydrogen-bond donors (Lipinski definition) is 4. The van der Waals surface area contributed by atoms with Gasteiger partial charge >= 0.3 is 0 Å². The number of carbonyl (C=O) groups excluding carboxylic acids is 2. The minimum Gasteiger partial charge on any atom is -0.595 e. The first-order valence-electron chi connectivity index (χ1n) is 9.94. The van der Waals surface area contributed by atoms with Gasteiger partial charge in [-0.15, -0.1) is 0 Å². The van der Waals surface area contributed by atoms with Crippen LogP contribution in [0.25, 0.3) is 10.9 Å². The highest BCUT2D eigenvalue weighted by Gasteiger charge is 2.42. The van der Waals surface area contributed by atoms with Gasteiger partial charge < -0.3 is 20.2 Å². The number of benzene rings is 2. The van der Waals surface area contributed by atoms with Gasteiger partial charge in [0.05, 0.1) is 11.6 Å². The number of hydrogen-bond acceptors (Lipinski definition) is 5. The minimum absolute atomic E-state index is 0.0109. The number of nitrogens with zero attached hydrogens (tertiary/aromatic N) is 1. The number of fused-ring (bicyclic) bond motifs is 1. The summed E-state index contributed by atoms with van der Waals surface area (Å²) in [7, 11) is 0. The summed E-state index contributed by atoms with van der Waals surface area (Å²) in [6.45, 7) is 3.51. The molecule has 0 aliphatic carbocycles. The quantitative estimate of drug-likeness (QED) is 0.456. The van der Waals surface area contributed by atoms with Gasteiger partial charge in [-0.2, -0.15) is 5.23 Å². The van der Waals surface area contributed by atoms with Crippen molar-refractivity contribution in [3.05, 3.63) is 81.9 Å². The van der Waals surface area contributed by atoms with Gasteiger partial charge in [0, 0.05) is 35.3 Å². The van der Waals surface area contributed by atoms with Crippen molar-refractivity contribution in [2.24, 2.45) is 0 Å². The Hall–Kier alpha value is -3.46. The Morgan fingerprint density at radius 2 is 1.97 bits per heavy atom. The standard InChI is InChI=1S/C23H23N3O5/c1-13-17(18-8-3-4-9-19(18)24-13)10-11-25-21(20(14(2)27)22(28)23(25)29)15-6-5-7-16(12-15)26(30)31/h3-9,12,21,24,26,28,30H,10-11H2,1-2H3. The first kappa shape index (κ1) is 20.8. The average Bonchev–Trinajstić information content (AvgIpc) is 3.19. The SMILES string of the molecule is CC(=O)C1=C(O)C(=O)N(CCc2c(C)[nH]c3ccccc23)C1c1cccc([NH+]([O-])O)c1. The van der Waals surface area contributed by atoms with Crippen molar-refractivity contribution in [3.63, 3.8) is 0 Å². The summed E-state index contributed by atoms with van der Waals surface area (Å²) in [6, 6.07) is 13.1. The molecule has 1 aromatic heterocycles. The van der Waals surface area contributed by atoms with Crippen LogP contribution in [0.4, 0.5) is 5.69 Å². The number of rotatable bonds is 6. The van der Waals surface area contributed by atoms with Crippen LogP contribution >= 0.6 is 0 Å². The predicted octanol–water partition coefficient (Wildman–Crippen LogP) is 2.41. The monoisotopic (exact) mass is 421 g/mol. The highest BCUT2D eigenvalue weighted by Crippen LogP contribution is 2.38. The minimum atomic E-state index is -1.11. The summed E-state index contributed by atoms with van der Waals surface area (Å²) in [5.41, 5.74) is 3.55. The van der Waals surface area contributed by atoms with Gasteiger partial charge in [-0.05, 0) is 37.5 Å². The van der Waals surface area contributed by atoms with Crippen molar-refractivity contribution in [3.8, 4) is 0 Å². The molecule has 0 bridgehead atoms. The Labute approximate surface area is 178 Å². The Balaban J connectivity index is 1.71. The average molecular weight is 421 g/mol. The lowest BCUT2D eigenvalue weighted by atomic mass is 9.96. The van der Waals surface area contributed by atoms with Crippen molar-refractivity contribution in [1.82, 2.24) is 9.88 Å². The maximum atomic E-state index is 12.9. The molecule has 1 aliphatic heterocycles.